The van der Waals surface area contributed by atoms with Gasteiger partial charge >= 0.3 is 0 Å². The van der Waals surface area contributed by atoms with Crippen LogP contribution in [0.2, 0.25) is 0 Å². The molecule has 2 amide bonds. The van der Waals surface area contributed by atoms with Crippen LogP contribution in [0.15, 0.2) is 34.9 Å². The standard InChI is InChI=1S/C22H28N4O4/c1-3-29-20-7-5-4-6-19(20)26-14-17(13-21(26)27)22(28)25-10-8-24(9-11-25)15-18-12-16(2)30-23-18/h4-7,12,17H,3,8-11,13-15H2,1-2H3. The molecule has 0 saturated carbocycles. The van der Waals surface area contributed by atoms with Gasteiger partial charge in [-0.3, -0.25) is 14.5 Å². The fourth-order valence-electron chi connectivity index (χ4n) is 4.17. The number of aryl methyl sites for hydroxylation is 1. The number of hydrogen-bond donors (Lipinski definition) is 0. The molecule has 2 saturated heterocycles. The second-order valence-corrected chi connectivity index (χ2v) is 7.84. The van der Waals surface area contributed by atoms with Crippen molar-refractivity contribution in [2.24, 2.45) is 5.92 Å². The molecule has 2 aliphatic rings. The van der Waals surface area contributed by atoms with Gasteiger partial charge < -0.3 is 19.1 Å². The minimum Gasteiger partial charge on any atom is -0.492 e. The van der Waals surface area contributed by atoms with Crippen LogP contribution in [0, 0.1) is 12.8 Å². The van der Waals surface area contributed by atoms with Gasteiger partial charge in [-0.1, -0.05) is 17.3 Å². The topological polar surface area (TPSA) is 79.1 Å². The molecule has 2 aromatic rings. The van der Waals surface area contributed by atoms with E-state index >= 15 is 0 Å². The van der Waals surface area contributed by atoms with Crippen molar-refractivity contribution in [1.29, 1.82) is 0 Å². The average molecular weight is 412 g/mol. The number of para-hydroxylation sites is 2. The highest BCUT2D eigenvalue weighted by molar-refractivity contribution is 6.01. The van der Waals surface area contributed by atoms with Crippen molar-refractivity contribution in [1.82, 2.24) is 15.0 Å². The fourth-order valence-corrected chi connectivity index (χ4v) is 4.17. The SMILES string of the molecule is CCOc1ccccc1N1CC(C(=O)N2CCN(Cc3cc(C)on3)CC2)CC1=O. The normalized spacial score (nSPS) is 20.1. The molecule has 4 rings (SSSR count). The van der Waals surface area contributed by atoms with Gasteiger partial charge in [0.1, 0.15) is 11.5 Å². The third-order valence-corrected chi connectivity index (χ3v) is 5.68. The third-order valence-electron chi connectivity index (χ3n) is 5.68. The molecule has 1 unspecified atom stereocenters. The van der Waals surface area contributed by atoms with Crippen molar-refractivity contribution < 1.29 is 18.8 Å². The first-order valence-electron chi connectivity index (χ1n) is 10.5. The van der Waals surface area contributed by atoms with Crippen LogP contribution in [0.5, 0.6) is 5.75 Å². The molecule has 160 valence electrons. The van der Waals surface area contributed by atoms with Gasteiger partial charge in [0.05, 0.1) is 23.9 Å². The van der Waals surface area contributed by atoms with E-state index in [1.807, 2.05) is 49.1 Å². The van der Waals surface area contributed by atoms with E-state index in [-0.39, 0.29) is 24.2 Å². The summed E-state index contributed by atoms with van der Waals surface area (Å²) in [5.74, 6) is 1.22. The van der Waals surface area contributed by atoms with Crippen molar-refractivity contribution >= 4 is 17.5 Å². The molecule has 1 aromatic carbocycles. The fraction of sp³-hybridized carbons (Fsp3) is 0.500. The van der Waals surface area contributed by atoms with Gasteiger partial charge in [0.2, 0.25) is 11.8 Å². The number of rotatable bonds is 6. The Balaban J connectivity index is 1.34. The van der Waals surface area contributed by atoms with E-state index in [0.717, 1.165) is 36.8 Å². The Morgan fingerprint density at radius 2 is 2.00 bits per heavy atom. The second-order valence-electron chi connectivity index (χ2n) is 7.84. The van der Waals surface area contributed by atoms with Crippen LogP contribution in [0.25, 0.3) is 0 Å². The summed E-state index contributed by atoms with van der Waals surface area (Å²) in [7, 11) is 0. The van der Waals surface area contributed by atoms with Crippen LogP contribution in [0.4, 0.5) is 5.69 Å². The molecule has 0 bridgehead atoms. The zero-order valence-electron chi connectivity index (χ0n) is 17.5. The quantitative estimate of drug-likeness (QED) is 0.723. The maximum atomic E-state index is 13.1. The number of nitrogens with zero attached hydrogens (tertiary/aromatic N) is 4. The van der Waals surface area contributed by atoms with E-state index in [9.17, 15) is 9.59 Å². The monoisotopic (exact) mass is 412 g/mol. The van der Waals surface area contributed by atoms with Gasteiger partial charge in [-0.05, 0) is 26.0 Å². The van der Waals surface area contributed by atoms with E-state index in [4.69, 9.17) is 9.26 Å². The maximum Gasteiger partial charge on any atom is 0.228 e. The summed E-state index contributed by atoms with van der Waals surface area (Å²) < 4.78 is 10.8. The lowest BCUT2D eigenvalue weighted by Gasteiger charge is -2.35. The van der Waals surface area contributed by atoms with E-state index < -0.39 is 0 Å². The van der Waals surface area contributed by atoms with E-state index in [2.05, 4.69) is 10.1 Å². The molecular weight excluding hydrogens is 384 g/mol. The summed E-state index contributed by atoms with van der Waals surface area (Å²) >= 11 is 0. The number of amides is 2. The van der Waals surface area contributed by atoms with E-state index in [0.29, 0.717) is 32.0 Å². The Morgan fingerprint density at radius 3 is 2.70 bits per heavy atom. The molecule has 8 heteroatoms. The number of ether oxygens (including phenoxy) is 1. The average Bonchev–Trinajstić information content (AvgIpc) is 3.34. The Bertz CT molecular complexity index is 904. The number of piperazine rings is 1. The summed E-state index contributed by atoms with van der Waals surface area (Å²) in [6.07, 6.45) is 0.248. The highest BCUT2D eigenvalue weighted by atomic mass is 16.5. The van der Waals surface area contributed by atoms with Crippen LogP contribution >= 0.6 is 0 Å². The summed E-state index contributed by atoms with van der Waals surface area (Å²) in [4.78, 5) is 31.6. The smallest absolute Gasteiger partial charge is 0.228 e. The Hall–Kier alpha value is -2.87. The lowest BCUT2D eigenvalue weighted by molar-refractivity contribution is -0.137. The molecular formula is C22H28N4O4. The van der Waals surface area contributed by atoms with Crippen molar-refractivity contribution in [3.63, 3.8) is 0 Å². The molecule has 0 radical (unpaired) electrons. The molecule has 2 fully saturated rings. The van der Waals surface area contributed by atoms with Gasteiger partial charge in [0.15, 0.2) is 0 Å². The number of carbonyl (C=O) groups excluding carboxylic acids is 2. The number of hydrogen-bond acceptors (Lipinski definition) is 6. The largest absolute Gasteiger partial charge is 0.492 e. The van der Waals surface area contributed by atoms with Gasteiger partial charge in [0, 0.05) is 51.8 Å². The Kier molecular flexibility index (Phi) is 6.03. The first kappa shape index (κ1) is 20.4. The number of aromatic nitrogens is 1. The number of anilines is 1. The van der Waals surface area contributed by atoms with Gasteiger partial charge in [0.25, 0.3) is 0 Å². The van der Waals surface area contributed by atoms with Crippen molar-refractivity contribution in [2.45, 2.75) is 26.8 Å². The second kappa shape index (κ2) is 8.87. The Morgan fingerprint density at radius 1 is 1.23 bits per heavy atom. The predicted octanol–water partition coefficient (Wildman–Crippen LogP) is 2.08. The first-order chi connectivity index (χ1) is 14.5. The first-order valence-corrected chi connectivity index (χ1v) is 10.5. The molecule has 30 heavy (non-hydrogen) atoms. The molecule has 8 nitrogen and oxygen atoms in total. The summed E-state index contributed by atoms with van der Waals surface area (Å²) in [6.45, 7) is 8.35. The summed E-state index contributed by atoms with van der Waals surface area (Å²) in [5.41, 5.74) is 1.66. The maximum absolute atomic E-state index is 13.1. The molecule has 3 heterocycles. The van der Waals surface area contributed by atoms with Crippen molar-refractivity contribution in [3.05, 3.63) is 41.8 Å². The molecule has 0 N–H and O–H groups in total. The zero-order chi connectivity index (χ0) is 21.1. The third kappa shape index (κ3) is 4.33. The number of benzene rings is 1. The summed E-state index contributed by atoms with van der Waals surface area (Å²) in [5, 5.41) is 4.04. The highest BCUT2D eigenvalue weighted by Crippen LogP contribution is 2.33. The minimum atomic E-state index is -0.308. The van der Waals surface area contributed by atoms with E-state index in [1.54, 1.807) is 4.90 Å². The molecule has 1 atom stereocenters. The van der Waals surface area contributed by atoms with Crippen LogP contribution in [-0.4, -0.2) is 66.1 Å². The lowest BCUT2D eigenvalue weighted by Crippen LogP contribution is -2.50. The van der Waals surface area contributed by atoms with E-state index in [1.165, 1.54) is 0 Å². The Labute approximate surface area is 176 Å². The minimum absolute atomic E-state index is 0.0273. The zero-order valence-corrected chi connectivity index (χ0v) is 17.5. The number of carbonyl (C=O) groups is 2. The predicted molar refractivity (Wildman–Crippen MR) is 111 cm³/mol. The van der Waals surface area contributed by atoms with Crippen LogP contribution in [-0.2, 0) is 16.1 Å². The van der Waals surface area contributed by atoms with Gasteiger partial charge in [-0.15, -0.1) is 0 Å². The van der Waals surface area contributed by atoms with Crippen LogP contribution < -0.4 is 9.64 Å². The summed E-state index contributed by atoms with van der Waals surface area (Å²) in [6, 6.07) is 9.45. The molecule has 0 spiro atoms. The molecule has 2 aliphatic heterocycles. The lowest BCUT2D eigenvalue weighted by atomic mass is 10.1. The van der Waals surface area contributed by atoms with Crippen LogP contribution in [0.1, 0.15) is 24.8 Å². The van der Waals surface area contributed by atoms with Crippen LogP contribution in [0.3, 0.4) is 0 Å². The molecule has 1 aromatic heterocycles. The van der Waals surface area contributed by atoms with Crippen molar-refractivity contribution in [3.8, 4) is 5.75 Å². The van der Waals surface area contributed by atoms with Gasteiger partial charge in [-0.25, -0.2) is 0 Å². The van der Waals surface area contributed by atoms with Crippen molar-refractivity contribution in [2.75, 3.05) is 44.2 Å². The van der Waals surface area contributed by atoms with Gasteiger partial charge in [-0.2, -0.15) is 0 Å². The molecule has 0 aliphatic carbocycles. The highest BCUT2D eigenvalue weighted by Gasteiger charge is 2.38.